The van der Waals surface area contributed by atoms with Gasteiger partial charge in [-0.1, -0.05) is 11.6 Å². The number of piperidine rings is 1. The van der Waals surface area contributed by atoms with E-state index in [4.69, 9.17) is 16.3 Å². The first-order valence-electron chi connectivity index (χ1n) is 5.38. The van der Waals surface area contributed by atoms with Crippen LogP contribution in [0.15, 0.2) is 17.1 Å². The first kappa shape index (κ1) is 11.5. The number of ether oxygens (including phenoxy) is 1. The Morgan fingerprint density at radius 1 is 1.50 bits per heavy atom. The number of H-pyrrole nitrogens is 1. The molecule has 2 heterocycles. The van der Waals surface area contributed by atoms with Crippen molar-refractivity contribution in [3.8, 4) is 5.75 Å². The molecular weight excluding hydrogens is 228 g/mol. The van der Waals surface area contributed by atoms with Crippen molar-refractivity contribution in [2.24, 2.45) is 0 Å². The predicted octanol–water partition coefficient (Wildman–Crippen LogP) is 1.50. The highest BCUT2D eigenvalue weighted by Gasteiger charge is 2.19. The van der Waals surface area contributed by atoms with Crippen LogP contribution in [0, 0.1) is 0 Å². The molecule has 1 saturated heterocycles. The summed E-state index contributed by atoms with van der Waals surface area (Å²) in [6, 6.07) is 1.40. The highest BCUT2D eigenvalue weighted by atomic mass is 35.5. The van der Waals surface area contributed by atoms with E-state index in [-0.39, 0.29) is 11.7 Å². The minimum atomic E-state index is -0.188. The van der Waals surface area contributed by atoms with E-state index in [9.17, 15) is 4.79 Å². The van der Waals surface area contributed by atoms with Crippen molar-refractivity contribution in [1.82, 2.24) is 9.88 Å². The van der Waals surface area contributed by atoms with Gasteiger partial charge in [0.05, 0.1) is 5.02 Å². The van der Waals surface area contributed by atoms with E-state index in [1.165, 1.54) is 12.3 Å². The number of aromatic nitrogens is 1. The molecule has 0 saturated carbocycles. The number of rotatable bonds is 2. The molecule has 5 heteroatoms. The second-order valence-electron chi connectivity index (χ2n) is 4.13. The van der Waals surface area contributed by atoms with Crippen molar-refractivity contribution < 1.29 is 4.74 Å². The van der Waals surface area contributed by atoms with Crippen molar-refractivity contribution in [2.45, 2.75) is 18.9 Å². The van der Waals surface area contributed by atoms with E-state index >= 15 is 0 Å². The van der Waals surface area contributed by atoms with Gasteiger partial charge >= 0.3 is 0 Å². The zero-order valence-electron chi connectivity index (χ0n) is 9.20. The van der Waals surface area contributed by atoms with E-state index in [2.05, 4.69) is 16.9 Å². The van der Waals surface area contributed by atoms with Gasteiger partial charge in [-0.25, -0.2) is 0 Å². The van der Waals surface area contributed by atoms with Crippen molar-refractivity contribution >= 4 is 11.6 Å². The van der Waals surface area contributed by atoms with Gasteiger partial charge in [-0.3, -0.25) is 4.79 Å². The fraction of sp³-hybridized carbons (Fsp3) is 0.545. The van der Waals surface area contributed by atoms with Gasteiger partial charge in [0.2, 0.25) is 0 Å². The summed E-state index contributed by atoms with van der Waals surface area (Å²) < 4.78 is 5.74. The molecule has 1 N–H and O–H groups in total. The van der Waals surface area contributed by atoms with Gasteiger partial charge in [0.15, 0.2) is 0 Å². The maximum atomic E-state index is 11.1. The molecule has 1 aromatic heterocycles. The number of hydrogen-bond acceptors (Lipinski definition) is 3. The molecule has 0 atom stereocenters. The van der Waals surface area contributed by atoms with E-state index in [0.29, 0.717) is 10.8 Å². The van der Waals surface area contributed by atoms with Crippen LogP contribution in [0.3, 0.4) is 0 Å². The minimum Gasteiger partial charge on any atom is -0.489 e. The maximum absolute atomic E-state index is 11.1. The summed E-state index contributed by atoms with van der Waals surface area (Å²) in [5, 5.41) is 0.457. The van der Waals surface area contributed by atoms with Crippen LogP contribution in [-0.2, 0) is 0 Å². The van der Waals surface area contributed by atoms with Gasteiger partial charge in [0.25, 0.3) is 5.56 Å². The number of hydrogen-bond donors (Lipinski definition) is 1. The van der Waals surface area contributed by atoms with Gasteiger partial charge in [0, 0.05) is 25.4 Å². The monoisotopic (exact) mass is 242 g/mol. The molecule has 0 amide bonds. The van der Waals surface area contributed by atoms with Crippen LogP contribution in [0.2, 0.25) is 5.02 Å². The minimum absolute atomic E-state index is 0.162. The summed E-state index contributed by atoms with van der Waals surface area (Å²) in [5.41, 5.74) is -0.188. The molecular formula is C11H15ClN2O2. The van der Waals surface area contributed by atoms with Gasteiger partial charge in [0.1, 0.15) is 11.9 Å². The van der Waals surface area contributed by atoms with Gasteiger partial charge in [-0.2, -0.15) is 0 Å². The number of aromatic amines is 1. The molecule has 4 nitrogen and oxygen atoms in total. The zero-order valence-corrected chi connectivity index (χ0v) is 9.96. The van der Waals surface area contributed by atoms with Crippen LogP contribution in [0.25, 0.3) is 0 Å². The quantitative estimate of drug-likeness (QED) is 0.855. The first-order valence-corrected chi connectivity index (χ1v) is 5.76. The molecule has 0 unspecified atom stereocenters. The molecule has 0 aromatic carbocycles. The lowest BCUT2D eigenvalue weighted by Gasteiger charge is -2.29. The maximum Gasteiger partial charge on any atom is 0.251 e. The Labute approximate surface area is 99.2 Å². The van der Waals surface area contributed by atoms with Crippen molar-refractivity contribution in [3.63, 3.8) is 0 Å². The number of halogens is 1. The number of nitrogens with one attached hydrogen (secondary N) is 1. The fourth-order valence-corrected chi connectivity index (χ4v) is 1.96. The molecule has 1 aromatic rings. The lowest BCUT2D eigenvalue weighted by atomic mass is 10.1. The molecule has 0 spiro atoms. The Kier molecular flexibility index (Phi) is 3.51. The summed E-state index contributed by atoms with van der Waals surface area (Å²) in [6.45, 7) is 2.04. The van der Waals surface area contributed by atoms with E-state index in [1.807, 2.05) is 0 Å². The predicted molar refractivity (Wildman–Crippen MR) is 63.2 cm³/mol. The number of nitrogens with zero attached hydrogens (tertiary/aromatic N) is 1. The summed E-state index contributed by atoms with van der Waals surface area (Å²) >= 11 is 5.94. The molecule has 0 aliphatic carbocycles. The molecule has 1 fully saturated rings. The fourth-order valence-electron chi connectivity index (χ4n) is 1.81. The Bertz CT molecular complexity index is 411. The smallest absolute Gasteiger partial charge is 0.251 e. The average molecular weight is 243 g/mol. The Balaban J connectivity index is 2.03. The summed E-state index contributed by atoms with van der Waals surface area (Å²) in [4.78, 5) is 15.9. The third kappa shape index (κ3) is 2.77. The highest BCUT2D eigenvalue weighted by Crippen LogP contribution is 2.24. The molecule has 0 radical (unpaired) electrons. The van der Waals surface area contributed by atoms with Crippen molar-refractivity contribution in [3.05, 3.63) is 27.6 Å². The van der Waals surface area contributed by atoms with Gasteiger partial charge in [-0.05, 0) is 19.9 Å². The molecule has 16 heavy (non-hydrogen) atoms. The summed E-state index contributed by atoms with van der Waals surface area (Å²) in [7, 11) is 2.09. The van der Waals surface area contributed by atoms with E-state index in [1.54, 1.807) is 0 Å². The lowest BCUT2D eigenvalue weighted by Crippen LogP contribution is -2.35. The SMILES string of the molecule is CN1CCC(Oc2cc(=O)[nH]cc2Cl)CC1. The van der Waals surface area contributed by atoms with Gasteiger partial charge in [-0.15, -0.1) is 0 Å². The zero-order chi connectivity index (χ0) is 11.5. The second kappa shape index (κ2) is 4.89. The Morgan fingerprint density at radius 2 is 2.19 bits per heavy atom. The molecule has 1 aliphatic heterocycles. The Morgan fingerprint density at radius 3 is 2.88 bits per heavy atom. The largest absolute Gasteiger partial charge is 0.489 e. The molecule has 0 bridgehead atoms. The van der Waals surface area contributed by atoms with Crippen LogP contribution < -0.4 is 10.3 Å². The van der Waals surface area contributed by atoms with Crippen molar-refractivity contribution in [2.75, 3.05) is 20.1 Å². The van der Waals surface area contributed by atoms with Crippen LogP contribution >= 0.6 is 11.6 Å². The molecule has 1 aliphatic rings. The highest BCUT2D eigenvalue weighted by molar-refractivity contribution is 6.31. The second-order valence-corrected chi connectivity index (χ2v) is 4.54. The topological polar surface area (TPSA) is 45.3 Å². The summed E-state index contributed by atoms with van der Waals surface area (Å²) in [6.07, 6.45) is 3.57. The lowest BCUT2D eigenvalue weighted by molar-refractivity contribution is 0.114. The van der Waals surface area contributed by atoms with Crippen LogP contribution in [0.4, 0.5) is 0 Å². The average Bonchev–Trinajstić information content (AvgIpc) is 2.27. The van der Waals surface area contributed by atoms with Crippen molar-refractivity contribution in [1.29, 1.82) is 0 Å². The standard InChI is InChI=1S/C11H15ClN2O2/c1-14-4-2-8(3-5-14)16-10-6-11(15)13-7-9(10)12/h6-8H,2-5H2,1H3,(H,13,15). The molecule has 2 rings (SSSR count). The van der Waals surface area contributed by atoms with Crippen LogP contribution in [0.5, 0.6) is 5.75 Å². The third-order valence-corrected chi connectivity index (χ3v) is 3.09. The summed E-state index contributed by atoms with van der Waals surface area (Å²) in [5.74, 6) is 0.486. The van der Waals surface area contributed by atoms with E-state index in [0.717, 1.165) is 25.9 Å². The van der Waals surface area contributed by atoms with E-state index < -0.39 is 0 Å². The molecule has 88 valence electrons. The normalized spacial score (nSPS) is 18.6. The first-order chi connectivity index (χ1) is 7.65. The number of likely N-dealkylation sites (tertiary alicyclic amines) is 1. The number of pyridine rings is 1. The third-order valence-electron chi connectivity index (χ3n) is 2.80. The van der Waals surface area contributed by atoms with Crippen LogP contribution in [0.1, 0.15) is 12.8 Å². The Hall–Kier alpha value is -1.00. The van der Waals surface area contributed by atoms with Gasteiger partial charge < -0.3 is 14.6 Å². The van der Waals surface area contributed by atoms with Crippen LogP contribution in [-0.4, -0.2) is 36.1 Å².